The molecule has 0 amide bonds. The lowest BCUT2D eigenvalue weighted by Gasteiger charge is -2.33. The number of aliphatic hydroxyl groups is 1. The fraction of sp³-hybridized carbons (Fsp3) is 0.500. The molecule has 2 aromatic rings. The topological polar surface area (TPSA) is 105 Å². The largest absolute Gasteiger partial charge is 0.393 e. The normalized spacial score (nSPS) is 25.7. The van der Waals surface area contributed by atoms with Gasteiger partial charge in [0.15, 0.2) is 5.78 Å². The molecule has 1 atom stereocenters. The second-order valence-electron chi connectivity index (χ2n) is 8.96. The van der Waals surface area contributed by atoms with Gasteiger partial charge in [0.2, 0.25) is 5.95 Å². The Kier molecular flexibility index (Phi) is 6.05. The zero-order chi connectivity index (χ0) is 22.1. The molecular formula is C24H31N5O2. The maximum absolute atomic E-state index is 13.2. The predicted molar refractivity (Wildman–Crippen MR) is 123 cm³/mol. The number of ketones is 1. The van der Waals surface area contributed by atoms with E-state index in [4.69, 9.17) is 5.73 Å². The number of anilines is 2. The molecule has 0 aromatic carbocycles. The summed E-state index contributed by atoms with van der Waals surface area (Å²) >= 11 is 0. The smallest absolute Gasteiger partial charge is 0.220 e. The first-order valence-corrected chi connectivity index (χ1v) is 11.0. The summed E-state index contributed by atoms with van der Waals surface area (Å²) in [4.78, 5) is 28.7. The van der Waals surface area contributed by atoms with Gasteiger partial charge in [-0.3, -0.25) is 4.79 Å². The van der Waals surface area contributed by atoms with Gasteiger partial charge in [0.05, 0.1) is 17.5 Å². The van der Waals surface area contributed by atoms with Crippen molar-refractivity contribution in [3.8, 4) is 0 Å². The number of hydrogen-bond donors (Lipinski definition) is 2. The van der Waals surface area contributed by atoms with E-state index in [1.165, 1.54) is 0 Å². The number of carbonyl (C=O) groups is 1. The lowest BCUT2D eigenvalue weighted by atomic mass is 9.73. The van der Waals surface area contributed by atoms with Crippen molar-refractivity contribution in [2.24, 2.45) is 5.92 Å². The summed E-state index contributed by atoms with van der Waals surface area (Å²) < 4.78 is 0. The van der Waals surface area contributed by atoms with Crippen LogP contribution in [-0.2, 0) is 4.79 Å². The van der Waals surface area contributed by atoms with Crippen LogP contribution < -0.4 is 10.6 Å². The van der Waals surface area contributed by atoms with Crippen LogP contribution in [0.25, 0.3) is 11.6 Å². The van der Waals surface area contributed by atoms with Gasteiger partial charge in [-0.2, -0.15) is 0 Å². The molecule has 1 saturated carbocycles. The van der Waals surface area contributed by atoms with Crippen LogP contribution in [0.2, 0.25) is 0 Å². The van der Waals surface area contributed by atoms with E-state index in [9.17, 15) is 9.90 Å². The van der Waals surface area contributed by atoms with E-state index in [-0.39, 0.29) is 23.8 Å². The summed E-state index contributed by atoms with van der Waals surface area (Å²) in [6, 6.07) is 3.87. The molecule has 0 radical (unpaired) electrons. The van der Waals surface area contributed by atoms with Gasteiger partial charge in [-0.05, 0) is 63.2 Å². The van der Waals surface area contributed by atoms with E-state index >= 15 is 0 Å². The van der Waals surface area contributed by atoms with Crippen molar-refractivity contribution in [2.75, 3.05) is 24.7 Å². The molecule has 1 fully saturated rings. The van der Waals surface area contributed by atoms with Crippen molar-refractivity contribution in [3.63, 3.8) is 0 Å². The second kappa shape index (κ2) is 8.75. The number of allylic oxidation sites excluding steroid dienone is 1. The molecule has 4 rings (SSSR count). The average molecular weight is 422 g/mol. The Labute approximate surface area is 183 Å². The Bertz CT molecular complexity index is 992. The van der Waals surface area contributed by atoms with Gasteiger partial charge >= 0.3 is 0 Å². The number of aliphatic hydroxyl groups excluding tert-OH is 1. The van der Waals surface area contributed by atoms with Crippen LogP contribution >= 0.6 is 0 Å². The highest BCUT2D eigenvalue weighted by Gasteiger charge is 2.33. The standard InChI is InChI=1S/C24H31N5O2/c1-14-19-12-20(16-6-11-22(26-13-16)29(2)3)21(31)10-9-18(23(19)28-24(25)27-14)15-4-7-17(30)8-5-15/h6,11-13,15,17-18,30H,4-5,7-10H2,1-3H3,(H2,25,27,28)/b20-12-. The highest BCUT2D eigenvalue weighted by molar-refractivity contribution is 6.25. The molecule has 2 aromatic heterocycles. The van der Waals surface area contributed by atoms with Gasteiger partial charge in [0, 0.05) is 49.3 Å². The summed E-state index contributed by atoms with van der Waals surface area (Å²) in [5.41, 5.74) is 10.1. The Hall–Kier alpha value is -2.80. The fourth-order valence-electron chi connectivity index (χ4n) is 4.89. The maximum atomic E-state index is 13.2. The predicted octanol–water partition coefficient (Wildman–Crippen LogP) is 3.37. The molecule has 2 aliphatic carbocycles. The van der Waals surface area contributed by atoms with Crippen LogP contribution in [0.3, 0.4) is 0 Å². The van der Waals surface area contributed by atoms with Crippen molar-refractivity contribution in [1.82, 2.24) is 15.0 Å². The first kappa shape index (κ1) is 21.4. The summed E-state index contributed by atoms with van der Waals surface area (Å²) in [7, 11) is 3.88. The highest BCUT2D eigenvalue weighted by atomic mass is 16.3. The molecule has 2 aliphatic rings. The summed E-state index contributed by atoms with van der Waals surface area (Å²) in [6.45, 7) is 1.92. The first-order valence-electron chi connectivity index (χ1n) is 11.0. The molecule has 7 nitrogen and oxygen atoms in total. The van der Waals surface area contributed by atoms with Crippen molar-refractivity contribution in [2.45, 2.75) is 57.5 Å². The van der Waals surface area contributed by atoms with Crippen LogP contribution in [0, 0.1) is 12.8 Å². The molecule has 1 unspecified atom stereocenters. The molecule has 0 bridgehead atoms. The monoisotopic (exact) mass is 421 g/mol. The number of hydrogen-bond acceptors (Lipinski definition) is 7. The van der Waals surface area contributed by atoms with E-state index in [0.717, 1.165) is 60.4 Å². The van der Waals surface area contributed by atoms with Gasteiger partial charge in [0.25, 0.3) is 0 Å². The minimum Gasteiger partial charge on any atom is -0.393 e. The summed E-state index contributed by atoms with van der Waals surface area (Å²) in [6.07, 6.45) is 8.13. The van der Waals surface area contributed by atoms with E-state index in [1.807, 2.05) is 44.1 Å². The number of nitrogens with two attached hydrogens (primary N) is 1. The zero-order valence-corrected chi connectivity index (χ0v) is 18.5. The van der Waals surface area contributed by atoms with Gasteiger partial charge < -0.3 is 15.7 Å². The van der Waals surface area contributed by atoms with Crippen LogP contribution in [-0.4, -0.2) is 46.0 Å². The summed E-state index contributed by atoms with van der Waals surface area (Å²) in [5.74, 6) is 1.76. The van der Waals surface area contributed by atoms with Crippen molar-refractivity contribution >= 4 is 29.2 Å². The number of rotatable bonds is 3. The average Bonchev–Trinajstić information content (AvgIpc) is 2.73. The molecule has 164 valence electrons. The van der Waals surface area contributed by atoms with Crippen molar-refractivity contribution < 1.29 is 9.90 Å². The van der Waals surface area contributed by atoms with E-state index in [2.05, 4.69) is 15.0 Å². The van der Waals surface area contributed by atoms with E-state index < -0.39 is 0 Å². The molecule has 2 heterocycles. The van der Waals surface area contributed by atoms with E-state index in [1.54, 1.807) is 6.20 Å². The number of aromatic nitrogens is 3. The van der Waals surface area contributed by atoms with Gasteiger partial charge in [-0.1, -0.05) is 0 Å². The Balaban J connectivity index is 1.79. The lowest BCUT2D eigenvalue weighted by Crippen LogP contribution is -2.26. The van der Waals surface area contributed by atoms with Crippen LogP contribution in [0.15, 0.2) is 18.3 Å². The van der Waals surface area contributed by atoms with Crippen molar-refractivity contribution in [3.05, 3.63) is 40.8 Å². The number of carbonyl (C=O) groups excluding carboxylic acids is 1. The third-order valence-corrected chi connectivity index (χ3v) is 6.63. The third kappa shape index (κ3) is 4.46. The van der Waals surface area contributed by atoms with Crippen LogP contribution in [0.5, 0.6) is 0 Å². The number of Topliss-reactive ketones (excluding diaryl/α,β-unsaturated/α-hetero) is 1. The Morgan fingerprint density at radius 2 is 1.84 bits per heavy atom. The SMILES string of the molecule is Cc1nc(N)nc2c1/C=C(/c1ccc(N(C)C)nc1)C(=O)CCC2C1CCC(O)CC1. The molecule has 0 aliphatic heterocycles. The molecule has 3 N–H and O–H groups in total. The second-order valence-corrected chi connectivity index (χ2v) is 8.96. The number of fused-ring (bicyclic) bond motifs is 1. The molecule has 7 heteroatoms. The van der Waals surface area contributed by atoms with Gasteiger partial charge in [-0.25, -0.2) is 15.0 Å². The minimum atomic E-state index is -0.216. The van der Waals surface area contributed by atoms with Crippen molar-refractivity contribution in [1.29, 1.82) is 0 Å². The molecule has 0 spiro atoms. The minimum absolute atomic E-state index is 0.113. The molecular weight excluding hydrogens is 390 g/mol. The van der Waals surface area contributed by atoms with Gasteiger partial charge in [-0.15, -0.1) is 0 Å². The quantitative estimate of drug-likeness (QED) is 0.783. The Morgan fingerprint density at radius 1 is 1.10 bits per heavy atom. The Morgan fingerprint density at radius 3 is 2.48 bits per heavy atom. The molecule has 31 heavy (non-hydrogen) atoms. The van der Waals surface area contributed by atoms with Gasteiger partial charge in [0.1, 0.15) is 5.82 Å². The zero-order valence-electron chi connectivity index (χ0n) is 18.5. The maximum Gasteiger partial charge on any atom is 0.220 e. The van der Waals surface area contributed by atoms with E-state index in [0.29, 0.717) is 17.9 Å². The number of pyridine rings is 1. The first-order chi connectivity index (χ1) is 14.8. The fourth-order valence-corrected chi connectivity index (χ4v) is 4.89. The molecule has 0 saturated heterocycles. The number of nitrogens with zero attached hydrogens (tertiary/aromatic N) is 4. The lowest BCUT2D eigenvalue weighted by molar-refractivity contribution is -0.114. The van der Waals surface area contributed by atoms with Crippen LogP contribution in [0.1, 0.15) is 67.0 Å². The third-order valence-electron chi connectivity index (χ3n) is 6.63. The van der Waals surface area contributed by atoms with Crippen LogP contribution in [0.4, 0.5) is 11.8 Å². The number of aryl methyl sites for hydroxylation is 1. The summed E-state index contributed by atoms with van der Waals surface area (Å²) in [5, 5.41) is 9.95. The highest BCUT2D eigenvalue weighted by Crippen LogP contribution is 2.42. The number of nitrogen functional groups attached to an aromatic ring is 1.